The van der Waals surface area contributed by atoms with Gasteiger partial charge in [0.25, 0.3) is 0 Å². The van der Waals surface area contributed by atoms with Gasteiger partial charge in [-0.25, -0.2) is 19.3 Å². The average Bonchev–Trinajstić information content (AvgIpc) is 3.36. The zero-order valence-corrected chi connectivity index (χ0v) is 25.2. The Bertz CT molecular complexity index is 966. The van der Waals surface area contributed by atoms with Crippen molar-refractivity contribution in [1.82, 2.24) is 19.5 Å². The SMILES string of the molecule is CCCCCCCCCCCCCCCCOCCCOP(=O)(O)COC(CF)Cn1cnc2c(N)ncnc21. The van der Waals surface area contributed by atoms with Gasteiger partial charge in [0.05, 0.1) is 19.5 Å². The summed E-state index contributed by atoms with van der Waals surface area (Å²) in [7, 11) is -4.01. The van der Waals surface area contributed by atoms with E-state index in [1.807, 2.05) is 0 Å². The first-order valence-corrected chi connectivity index (χ1v) is 16.9. The molecule has 2 rings (SSSR count). The highest BCUT2D eigenvalue weighted by molar-refractivity contribution is 7.52. The van der Waals surface area contributed by atoms with E-state index in [1.165, 1.54) is 96.1 Å². The summed E-state index contributed by atoms with van der Waals surface area (Å²) in [6, 6.07) is 0. The van der Waals surface area contributed by atoms with E-state index in [1.54, 1.807) is 4.57 Å². The van der Waals surface area contributed by atoms with Crippen LogP contribution in [0.4, 0.5) is 10.2 Å². The van der Waals surface area contributed by atoms with Crippen LogP contribution in [0, 0.1) is 0 Å². The third-order valence-corrected chi connectivity index (χ3v) is 7.90. The normalized spacial score (nSPS) is 14.1. The van der Waals surface area contributed by atoms with E-state index in [2.05, 4.69) is 21.9 Å². The van der Waals surface area contributed by atoms with E-state index in [4.69, 9.17) is 19.7 Å². The van der Waals surface area contributed by atoms with Crippen molar-refractivity contribution in [2.75, 3.05) is 38.6 Å². The van der Waals surface area contributed by atoms with E-state index < -0.39 is 26.7 Å². The molecule has 230 valence electrons. The van der Waals surface area contributed by atoms with Gasteiger partial charge in [-0.05, 0) is 12.8 Å². The Kier molecular flexibility index (Phi) is 18.2. The molecular formula is C28H51FN5O5P. The summed E-state index contributed by atoms with van der Waals surface area (Å²) in [6.07, 6.45) is 20.2. The van der Waals surface area contributed by atoms with Gasteiger partial charge < -0.3 is 29.2 Å². The number of anilines is 1. The van der Waals surface area contributed by atoms with Gasteiger partial charge in [-0.3, -0.25) is 4.57 Å². The molecule has 0 aromatic carbocycles. The molecule has 0 amide bonds. The maximum atomic E-state index is 13.5. The molecule has 0 aliphatic rings. The first kappa shape index (κ1) is 34.6. The minimum atomic E-state index is -4.01. The highest BCUT2D eigenvalue weighted by Gasteiger charge is 2.23. The summed E-state index contributed by atoms with van der Waals surface area (Å²) < 4.78 is 43.4. The van der Waals surface area contributed by atoms with Crippen molar-refractivity contribution >= 4 is 24.6 Å². The lowest BCUT2D eigenvalue weighted by Gasteiger charge is -2.18. The molecule has 0 aliphatic carbocycles. The van der Waals surface area contributed by atoms with Crippen LogP contribution in [0.3, 0.4) is 0 Å². The zero-order valence-electron chi connectivity index (χ0n) is 24.4. The van der Waals surface area contributed by atoms with Crippen molar-refractivity contribution in [1.29, 1.82) is 0 Å². The van der Waals surface area contributed by atoms with Gasteiger partial charge in [0.15, 0.2) is 11.5 Å². The van der Waals surface area contributed by atoms with Crippen LogP contribution in [0.5, 0.6) is 0 Å². The van der Waals surface area contributed by atoms with E-state index in [0.29, 0.717) is 30.8 Å². The Morgan fingerprint density at radius 1 is 0.900 bits per heavy atom. The number of hydrogen-bond donors (Lipinski definition) is 2. The van der Waals surface area contributed by atoms with Crippen LogP contribution in [0.15, 0.2) is 12.7 Å². The number of fused-ring (bicyclic) bond motifs is 1. The summed E-state index contributed by atoms with van der Waals surface area (Å²) in [5.74, 6) is 0.221. The number of halogens is 1. The van der Waals surface area contributed by atoms with Crippen molar-refractivity contribution in [2.45, 2.75) is 116 Å². The molecule has 0 radical (unpaired) electrons. The fourth-order valence-corrected chi connectivity index (χ4v) is 5.39. The molecular weight excluding hydrogens is 536 g/mol. The Morgan fingerprint density at radius 3 is 2.12 bits per heavy atom. The molecule has 0 fully saturated rings. The number of imidazole rings is 1. The predicted molar refractivity (Wildman–Crippen MR) is 157 cm³/mol. The second kappa shape index (κ2) is 21.1. The third-order valence-electron chi connectivity index (χ3n) is 6.84. The fraction of sp³-hybridized carbons (Fsp3) is 0.821. The molecule has 10 nitrogen and oxygen atoms in total. The Morgan fingerprint density at radius 2 is 1.50 bits per heavy atom. The van der Waals surface area contributed by atoms with Crippen LogP contribution in [0.2, 0.25) is 0 Å². The number of aromatic nitrogens is 4. The number of ether oxygens (including phenoxy) is 2. The molecule has 2 atom stereocenters. The van der Waals surface area contributed by atoms with Gasteiger partial charge in [-0.2, -0.15) is 0 Å². The van der Waals surface area contributed by atoms with Gasteiger partial charge in [0, 0.05) is 13.2 Å². The number of rotatable bonds is 26. The largest absolute Gasteiger partial charge is 0.382 e. The quantitative estimate of drug-likeness (QED) is 0.0899. The topological polar surface area (TPSA) is 135 Å². The number of unbranched alkanes of at least 4 members (excludes halogenated alkanes) is 13. The van der Waals surface area contributed by atoms with Crippen LogP contribution in [0.25, 0.3) is 11.2 Å². The van der Waals surface area contributed by atoms with Gasteiger partial charge in [0.1, 0.15) is 31.0 Å². The van der Waals surface area contributed by atoms with Crippen LogP contribution < -0.4 is 5.73 Å². The third kappa shape index (κ3) is 14.8. The second-order valence-corrected chi connectivity index (χ2v) is 12.2. The van der Waals surface area contributed by atoms with Crippen LogP contribution in [-0.4, -0.2) is 63.4 Å². The standard InChI is InChI=1S/C28H51FN5O5P/c1-2-3-4-5-6-7-8-9-10-11-12-13-14-15-17-37-18-16-19-39-40(35,36)24-38-25(20-29)21-34-23-33-26-27(30)31-22-32-28(26)34/h22-23,25H,2-21,24H2,1H3,(H,35,36)(H2,30,31,32). The molecule has 12 heteroatoms. The summed E-state index contributed by atoms with van der Waals surface area (Å²) in [5.41, 5.74) is 6.61. The van der Waals surface area contributed by atoms with Crippen molar-refractivity contribution in [3.05, 3.63) is 12.7 Å². The Labute approximate surface area is 239 Å². The lowest BCUT2D eigenvalue weighted by molar-refractivity contribution is 0.0404. The molecule has 3 N–H and O–H groups in total. The van der Waals surface area contributed by atoms with Crippen LogP contribution in [-0.2, 0) is 25.1 Å². The van der Waals surface area contributed by atoms with Crippen molar-refractivity contribution < 1.29 is 27.8 Å². The van der Waals surface area contributed by atoms with Crippen molar-refractivity contribution in [3.8, 4) is 0 Å². The highest BCUT2D eigenvalue weighted by atomic mass is 31.2. The molecule has 2 aromatic heterocycles. The van der Waals surface area contributed by atoms with E-state index in [0.717, 1.165) is 6.42 Å². The maximum absolute atomic E-state index is 13.5. The minimum absolute atomic E-state index is 0.0521. The lowest BCUT2D eigenvalue weighted by atomic mass is 10.0. The van der Waals surface area contributed by atoms with Gasteiger partial charge in [-0.1, -0.05) is 90.4 Å². The number of hydrogen-bond acceptors (Lipinski definition) is 8. The lowest BCUT2D eigenvalue weighted by Crippen LogP contribution is -2.23. The number of nitrogen functional groups attached to an aromatic ring is 1. The molecule has 0 bridgehead atoms. The molecule has 0 saturated carbocycles. The fourth-order valence-electron chi connectivity index (χ4n) is 4.50. The van der Waals surface area contributed by atoms with E-state index in [9.17, 15) is 13.8 Å². The maximum Gasteiger partial charge on any atom is 0.353 e. The predicted octanol–water partition coefficient (Wildman–Crippen LogP) is 6.81. The molecule has 0 spiro atoms. The summed E-state index contributed by atoms with van der Waals surface area (Å²) in [4.78, 5) is 22.1. The average molecular weight is 588 g/mol. The zero-order chi connectivity index (χ0) is 28.9. The first-order chi connectivity index (χ1) is 19.5. The summed E-state index contributed by atoms with van der Waals surface area (Å²) in [5, 5.41) is 0. The smallest absolute Gasteiger partial charge is 0.353 e. The van der Waals surface area contributed by atoms with Crippen molar-refractivity contribution in [3.63, 3.8) is 0 Å². The van der Waals surface area contributed by atoms with Crippen molar-refractivity contribution in [2.24, 2.45) is 0 Å². The summed E-state index contributed by atoms with van der Waals surface area (Å²) in [6.45, 7) is 2.68. The Hall–Kier alpha value is -1.65. The summed E-state index contributed by atoms with van der Waals surface area (Å²) >= 11 is 0. The molecule has 2 aromatic rings. The van der Waals surface area contributed by atoms with Gasteiger partial charge in [0.2, 0.25) is 0 Å². The first-order valence-electron chi connectivity index (χ1n) is 15.1. The molecule has 2 unspecified atom stereocenters. The van der Waals surface area contributed by atoms with E-state index in [-0.39, 0.29) is 19.0 Å². The number of nitrogens with zero attached hydrogens (tertiary/aromatic N) is 4. The number of nitrogens with two attached hydrogens (primary N) is 1. The number of alkyl halides is 1. The van der Waals surface area contributed by atoms with Crippen LogP contribution >= 0.6 is 7.60 Å². The minimum Gasteiger partial charge on any atom is -0.382 e. The Balaban J connectivity index is 1.41. The van der Waals surface area contributed by atoms with E-state index >= 15 is 0 Å². The molecule has 2 heterocycles. The highest BCUT2D eigenvalue weighted by Crippen LogP contribution is 2.42. The monoisotopic (exact) mass is 587 g/mol. The second-order valence-electron chi connectivity index (χ2n) is 10.4. The molecule has 40 heavy (non-hydrogen) atoms. The van der Waals surface area contributed by atoms with Gasteiger partial charge >= 0.3 is 7.60 Å². The van der Waals surface area contributed by atoms with Gasteiger partial charge in [-0.15, -0.1) is 0 Å². The molecule has 0 saturated heterocycles. The van der Waals surface area contributed by atoms with Crippen LogP contribution in [0.1, 0.15) is 103 Å². The molecule has 0 aliphatic heterocycles.